The summed E-state index contributed by atoms with van der Waals surface area (Å²) in [6.45, 7) is 2.62. The fourth-order valence-corrected chi connectivity index (χ4v) is 3.85. The van der Waals surface area contributed by atoms with Gasteiger partial charge in [-0.1, -0.05) is 6.07 Å². The van der Waals surface area contributed by atoms with Gasteiger partial charge in [0, 0.05) is 31.1 Å². The monoisotopic (exact) mass is 283 g/mol. The summed E-state index contributed by atoms with van der Waals surface area (Å²) < 4.78 is 5.70. The first-order valence-electron chi connectivity index (χ1n) is 8.10. The van der Waals surface area contributed by atoms with E-state index in [1.807, 2.05) is 11.0 Å². The number of nitrogens with zero attached hydrogens (tertiary/aromatic N) is 1. The van der Waals surface area contributed by atoms with Gasteiger partial charge in [-0.15, -0.1) is 0 Å². The summed E-state index contributed by atoms with van der Waals surface area (Å²) in [7, 11) is 0. The van der Waals surface area contributed by atoms with E-state index < -0.39 is 0 Å². The van der Waals surface area contributed by atoms with Crippen LogP contribution < -0.4 is 4.74 Å². The van der Waals surface area contributed by atoms with E-state index in [0.29, 0.717) is 0 Å². The lowest BCUT2D eigenvalue weighted by molar-refractivity contribution is -0.124. The SMILES string of the molecule is O=C(/C=C1\CCCc2ccc3c(c21)CCO3)N1CCCC1. The van der Waals surface area contributed by atoms with Crippen molar-refractivity contribution in [1.29, 1.82) is 0 Å². The second-order valence-corrected chi connectivity index (χ2v) is 6.23. The van der Waals surface area contributed by atoms with Crippen molar-refractivity contribution in [1.82, 2.24) is 4.90 Å². The molecule has 0 saturated carbocycles. The second kappa shape index (κ2) is 5.21. The molecule has 0 aromatic heterocycles. The molecule has 0 bridgehead atoms. The summed E-state index contributed by atoms with van der Waals surface area (Å²) in [5, 5.41) is 0. The summed E-state index contributed by atoms with van der Waals surface area (Å²) in [6.07, 6.45) is 8.46. The average Bonchev–Trinajstić information content (AvgIpc) is 3.18. The molecule has 4 rings (SSSR count). The van der Waals surface area contributed by atoms with Gasteiger partial charge in [0.15, 0.2) is 0 Å². The summed E-state index contributed by atoms with van der Waals surface area (Å²) in [5.41, 5.74) is 5.28. The third-order valence-electron chi connectivity index (χ3n) is 4.89. The molecule has 3 aliphatic rings. The fourth-order valence-electron chi connectivity index (χ4n) is 3.85. The highest BCUT2D eigenvalue weighted by molar-refractivity contribution is 5.96. The molecule has 1 fully saturated rings. The van der Waals surface area contributed by atoms with Crippen molar-refractivity contribution in [2.45, 2.75) is 38.5 Å². The molecule has 3 nitrogen and oxygen atoms in total. The fraction of sp³-hybridized carbons (Fsp3) is 0.500. The Morgan fingerprint density at radius 2 is 1.95 bits per heavy atom. The summed E-state index contributed by atoms with van der Waals surface area (Å²) >= 11 is 0. The Hall–Kier alpha value is -1.77. The normalized spacial score (nSPS) is 22.1. The number of fused-ring (bicyclic) bond motifs is 3. The van der Waals surface area contributed by atoms with Gasteiger partial charge in [0.25, 0.3) is 0 Å². The van der Waals surface area contributed by atoms with E-state index in [1.165, 1.54) is 22.3 Å². The Morgan fingerprint density at radius 1 is 1.10 bits per heavy atom. The zero-order chi connectivity index (χ0) is 14.2. The minimum absolute atomic E-state index is 0.201. The standard InChI is InChI=1S/C18H21NO2/c20-17(19-9-1-2-10-19)12-14-5-3-4-13-6-7-16-15(18(13)14)8-11-21-16/h6-7,12H,1-5,8-11H2/b14-12+. The maximum atomic E-state index is 12.4. The number of likely N-dealkylation sites (tertiary alicyclic amines) is 1. The first kappa shape index (κ1) is 12.9. The maximum Gasteiger partial charge on any atom is 0.246 e. The highest BCUT2D eigenvalue weighted by Gasteiger charge is 2.25. The van der Waals surface area contributed by atoms with Crippen LogP contribution in [0.2, 0.25) is 0 Å². The lowest BCUT2D eigenvalue weighted by Gasteiger charge is -2.22. The van der Waals surface area contributed by atoms with Gasteiger partial charge in [-0.25, -0.2) is 0 Å². The van der Waals surface area contributed by atoms with Crippen molar-refractivity contribution in [3.63, 3.8) is 0 Å². The summed E-state index contributed by atoms with van der Waals surface area (Å²) in [5.74, 6) is 1.22. The van der Waals surface area contributed by atoms with Crippen molar-refractivity contribution in [3.8, 4) is 5.75 Å². The average molecular weight is 283 g/mol. The number of hydrogen-bond donors (Lipinski definition) is 0. The molecule has 1 aromatic rings. The zero-order valence-corrected chi connectivity index (χ0v) is 12.4. The molecular weight excluding hydrogens is 262 g/mol. The van der Waals surface area contributed by atoms with E-state index in [4.69, 9.17) is 4.74 Å². The van der Waals surface area contributed by atoms with Crippen LogP contribution in [0.5, 0.6) is 5.75 Å². The first-order valence-corrected chi connectivity index (χ1v) is 8.10. The van der Waals surface area contributed by atoms with Crippen LogP contribution in [0.1, 0.15) is 42.4 Å². The van der Waals surface area contributed by atoms with Crippen LogP contribution in [0, 0.1) is 0 Å². The molecular formula is C18H21NO2. The van der Waals surface area contributed by atoms with Crippen LogP contribution in [0.4, 0.5) is 0 Å². The van der Waals surface area contributed by atoms with E-state index in [9.17, 15) is 4.79 Å². The zero-order valence-electron chi connectivity index (χ0n) is 12.4. The van der Waals surface area contributed by atoms with Gasteiger partial charge in [0.05, 0.1) is 6.61 Å². The number of aryl methyl sites for hydroxylation is 1. The van der Waals surface area contributed by atoms with E-state index >= 15 is 0 Å². The number of amides is 1. The molecule has 1 aliphatic carbocycles. The van der Waals surface area contributed by atoms with Crippen LogP contribution in [0.25, 0.3) is 5.57 Å². The number of ether oxygens (including phenoxy) is 1. The molecule has 0 N–H and O–H groups in total. The van der Waals surface area contributed by atoms with Crippen molar-refractivity contribution in [3.05, 3.63) is 34.9 Å². The van der Waals surface area contributed by atoms with E-state index in [0.717, 1.165) is 64.0 Å². The van der Waals surface area contributed by atoms with Gasteiger partial charge in [-0.05, 0) is 54.9 Å². The molecule has 21 heavy (non-hydrogen) atoms. The summed E-state index contributed by atoms with van der Waals surface area (Å²) in [4.78, 5) is 14.4. The minimum atomic E-state index is 0.201. The van der Waals surface area contributed by atoms with Crippen LogP contribution in [-0.2, 0) is 17.6 Å². The number of benzene rings is 1. The molecule has 0 radical (unpaired) electrons. The topological polar surface area (TPSA) is 29.5 Å². The summed E-state index contributed by atoms with van der Waals surface area (Å²) in [6, 6.07) is 4.29. The molecule has 1 saturated heterocycles. The quantitative estimate of drug-likeness (QED) is 0.742. The third kappa shape index (κ3) is 2.25. The molecule has 0 spiro atoms. The molecule has 2 heterocycles. The van der Waals surface area contributed by atoms with Crippen molar-refractivity contribution in [2.75, 3.05) is 19.7 Å². The smallest absolute Gasteiger partial charge is 0.246 e. The molecule has 110 valence electrons. The molecule has 1 amide bonds. The third-order valence-corrected chi connectivity index (χ3v) is 4.89. The first-order chi connectivity index (χ1) is 10.3. The van der Waals surface area contributed by atoms with E-state index in [2.05, 4.69) is 12.1 Å². The van der Waals surface area contributed by atoms with E-state index in [-0.39, 0.29) is 5.91 Å². The molecule has 2 aliphatic heterocycles. The molecule has 3 heteroatoms. The van der Waals surface area contributed by atoms with Crippen molar-refractivity contribution < 1.29 is 9.53 Å². The predicted octanol–water partition coefficient (Wildman–Crippen LogP) is 2.96. The largest absolute Gasteiger partial charge is 0.493 e. The van der Waals surface area contributed by atoms with Crippen molar-refractivity contribution >= 4 is 11.5 Å². The van der Waals surface area contributed by atoms with Crippen LogP contribution >= 0.6 is 0 Å². The molecule has 0 atom stereocenters. The van der Waals surface area contributed by atoms with Crippen LogP contribution in [-0.4, -0.2) is 30.5 Å². The van der Waals surface area contributed by atoms with Gasteiger partial charge >= 0.3 is 0 Å². The van der Waals surface area contributed by atoms with Crippen LogP contribution in [0.3, 0.4) is 0 Å². The highest BCUT2D eigenvalue weighted by atomic mass is 16.5. The highest BCUT2D eigenvalue weighted by Crippen LogP contribution is 2.40. The van der Waals surface area contributed by atoms with Gasteiger partial charge in [0.2, 0.25) is 5.91 Å². The Balaban J connectivity index is 1.72. The number of carbonyl (C=O) groups is 1. The maximum absolute atomic E-state index is 12.4. The lowest BCUT2D eigenvalue weighted by Crippen LogP contribution is -2.26. The van der Waals surface area contributed by atoms with Gasteiger partial charge in [-0.2, -0.15) is 0 Å². The van der Waals surface area contributed by atoms with Crippen molar-refractivity contribution in [2.24, 2.45) is 0 Å². The molecule has 1 aromatic carbocycles. The molecule has 0 unspecified atom stereocenters. The Kier molecular flexibility index (Phi) is 3.21. The number of rotatable bonds is 1. The minimum Gasteiger partial charge on any atom is -0.493 e. The van der Waals surface area contributed by atoms with Gasteiger partial charge in [0.1, 0.15) is 5.75 Å². The Bertz CT molecular complexity index is 612. The van der Waals surface area contributed by atoms with Crippen LogP contribution in [0.15, 0.2) is 18.2 Å². The van der Waals surface area contributed by atoms with Gasteiger partial charge in [-0.3, -0.25) is 4.79 Å². The predicted molar refractivity (Wildman–Crippen MR) is 82.4 cm³/mol. The van der Waals surface area contributed by atoms with E-state index in [1.54, 1.807) is 0 Å². The number of allylic oxidation sites excluding steroid dienone is 1. The van der Waals surface area contributed by atoms with Gasteiger partial charge < -0.3 is 9.64 Å². The number of hydrogen-bond acceptors (Lipinski definition) is 2. The Morgan fingerprint density at radius 3 is 2.81 bits per heavy atom. The number of carbonyl (C=O) groups excluding carboxylic acids is 1. The Labute approximate surface area is 125 Å². The second-order valence-electron chi connectivity index (χ2n) is 6.23. The lowest BCUT2D eigenvalue weighted by atomic mass is 9.83.